The van der Waals surface area contributed by atoms with Crippen LogP contribution in [0.15, 0.2) is 30.3 Å². The number of carbonyl (C=O) groups is 1. The van der Waals surface area contributed by atoms with Crippen LogP contribution in [0.2, 0.25) is 5.02 Å². The summed E-state index contributed by atoms with van der Waals surface area (Å²) >= 11 is 5.54. The minimum absolute atomic E-state index is 0.0538. The molecule has 0 saturated heterocycles. The predicted octanol–water partition coefficient (Wildman–Crippen LogP) is 3.64. The maximum absolute atomic E-state index is 13.3. The molecule has 104 valence electrons. The first kappa shape index (κ1) is 14.1. The van der Waals surface area contributed by atoms with Crippen molar-refractivity contribution in [1.29, 1.82) is 0 Å². The van der Waals surface area contributed by atoms with E-state index >= 15 is 0 Å². The van der Waals surface area contributed by atoms with E-state index in [4.69, 9.17) is 22.4 Å². The second-order valence-electron chi connectivity index (χ2n) is 3.94. The molecule has 2 aromatic carbocycles. The van der Waals surface area contributed by atoms with Gasteiger partial charge in [-0.3, -0.25) is 0 Å². The molecule has 0 spiro atoms. The summed E-state index contributed by atoms with van der Waals surface area (Å²) < 4.78 is 26.6. The van der Waals surface area contributed by atoms with Gasteiger partial charge in [0.2, 0.25) is 0 Å². The SMILES string of the molecule is Nc1c(F)ccc(Nc2ccc(Cl)c(F)c2)c1C(=O)O. The molecule has 0 radical (unpaired) electrons. The van der Waals surface area contributed by atoms with Gasteiger partial charge in [0.15, 0.2) is 0 Å². The molecule has 4 nitrogen and oxygen atoms in total. The Bertz CT molecular complexity index is 692. The lowest BCUT2D eigenvalue weighted by molar-refractivity contribution is 0.0698. The average Bonchev–Trinajstić information content (AvgIpc) is 2.38. The van der Waals surface area contributed by atoms with Gasteiger partial charge in [0.1, 0.15) is 17.2 Å². The second-order valence-corrected chi connectivity index (χ2v) is 4.35. The van der Waals surface area contributed by atoms with Gasteiger partial charge in [-0.25, -0.2) is 13.6 Å². The topological polar surface area (TPSA) is 75.3 Å². The van der Waals surface area contributed by atoms with Crippen LogP contribution in [-0.2, 0) is 0 Å². The van der Waals surface area contributed by atoms with Gasteiger partial charge >= 0.3 is 5.97 Å². The Labute approximate surface area is 117 Å². The molecule has 0 aliphatic rings. The molecule has 2 rings (SSSR count). The van der Waals surface area contributed by atoms with Crippen molar-refractivity contribution in [3.05, 3.63) is 52.6 Å². The highest BCUT2D eigenvalue weighted by Gasteiger charge is 2.17. The lowest BCUT2D eigenvalue weighted by Gasteiger charge is -2.12. The van der Waals surface area contributed by atoms with Crippen molar-refractivity contribution < 1.29 is 18.7 Å². The number of hydrogen-bond acceptors (Lipinski definition) is 3. The van der Waals surface area contributed by atoms with E-state index in [1.54, 1.807) is 0 Å². The molecule has 0 atom stereocenters. The number of benzene rings is 2. The fourth-order valence-corrected chi connectivity index (χ4v) is 1.78. The summed E-state index contributed by atoms with van der Waals surface area (Å²) in [6.07, 6.45) is 0. The molecule has 0 saturated carbocycles. The second kappa shape index (κ2) is 5.34. The van der Waals surface area contributed by atoms with E-state index in [0.29, 0.717) is 0 Å². The third-order valence-electron chi connectivity index (χ3n) is 2.60. The standard InChI is InChI=1S/C13H9ClF2N2O2/c14-7-2-1-6(5-9(7)16)18-10-4-3-8(15)12(17)11(10)13(19)20/h1-5,18H,17H2,(H,19,20). The number of aromatic carboxylic acids is 1. The zero-order valence-corrected chi connectivity index (χ0v) is 10.7. The summed E-state index contributed by atoms with van der Waals surface area (Å²) in [4.78, 5) is 11.1. The van der Waals surface area contributed by atoms with Crippen molar-refractivity contribution >= 4 is 34.6 Å². The summed E-state index contributed by atoms with van der Waals surface area (Å²) in [6.45, 7) is 0. The number of nitrogen functional groups attached to an aromatic ring is 1. The van der Waals surface area contributed by atoms with Gasteiger partial charge in [-0.05, 0) is 30.3 Å². The molecule has 0 heterocycles. The van der Waals surface area contributed by atoms with Crippen molar-refractivity contribution in [1.82, 2.24) is 0 Å². The number of carboxylic acids is 1. The maximum Gasteiger partial charge on any atom is 0.340 e. The molecule has 0 aromatic heterocycles. The third kappa shape index (κ3) is 2.65. The molecule has 0 aliphatic heterocycles. The Kier molecular flexibility index (Phi) is 3.76. The minimum Gasteiger partial charge on any atom is -0.478 e. The van der Waals surface area contributed by atoms with E-state index in [1.165, 1.54) is 18.2 Å². The van der Waals surface area contributed by atoms with Gasteiger partial charge in [0.05, 0.1) is 16.4 Å². The number of carboxylic acid groups (broad SMARTS) is 1. The van der Waals surface area contributed by atoms with E-state index in [1.807, 2.05) is 0 Å². The summed E-state index contributed by atoms with van der Waals surface area (Å²) in [5.41, 5.74) is 4.81. The van der Waals surface area contributed by atoms with E-state index < -0.39 is 28.9 Å². The van der Waals surface area contributed by atoms with Crippen LogP contribution in [0.1, 0.15) is 10.4 Å². The Balaban J connectivity index is 2.45. The Morgan fingerprint density at radius 3 is 2.50 bits per heavy atom. The Morgan fingerprint density at radius 1 is 1.20 bits per heavy atom. The van der Waals surface area contributed by atoms with Gasteiger partial charge in [-0.2, -0.15) is 0 Å². The monoisotopic (exact) mass is 298 g/mol. The summed E-state index contributed by atoms with van der Waals surface area (Å²) in [5, 5.41) is 11.7. The molecule has 4 N–H and O–H groups in total. The predicted molar refractivity (Wildman–Crippen MR) is 72.5 cm³/mol. The molecule has 7 heteroatoms. The lowest BCUT2D eigenvalue weighted by Crippen LogP contribution is -2.08. The first-order valence-electron chi connectivity index (χ1n) is 5.43. The van der Waals surface area contributed by atoms with Crippen molar-refractivity contribution in [2.45, 2.75) is 0 Å². The smallest absolute Gasteiger partial charge is 0.340 e. The molecule has 20 heavy (non-hydrogen) atoms. The van der Waals surface area contributed by atoms with Gasteiger partial charge in [-0.15, -0.1) is 0 Å². The highest BCUT2D eigenvalue weighted by atomic mass is 35.5. The number of rotatable bonds is 3. The highest BCUT2D eigenvalue weighted by molar-refractivity contribution is 6.30. The number of halogens is 3. The van der Waals surface area contributed by atoms with E-state index in [0.717, 1.165) is 12.1 Å². The quantitative estimate of drug-likeness (QED) is 0.756. The van der Waals surface area contributed by atoms with Crippen molar-refractivity contribution in [2.75, 3.05) is 11.1 Å². The zero-order chi connectivity index (χ0) is 14.9. The molecule has 0 unspecified atom stereocenters. The van der Waals surface area contributed by atoms with E-state index in [2.05, 4.69) is 5.32 Å². The van der Waals surface area contributed by atoms with Crippen LogP contribution in [-0.4, -0.2) is 11.1 Å². The summed E-state index contributed by atoms with van der Waals surface area (Å²) in [7, 11) is 0. The van der Waals surface area contributed by atoms with Crippen molar-refractivity contribution in [2.24, 2.45) is 0 Å². The fraction of sp³-hybridized carbons (Fsp3) is 0. The summed E-state index contributed by atoms with van der Waals surface area (Å²) in [5.74, 6) is -2.89. The number of nitrogens with one attached hydrogen (secondary N) is 1. The van der Waals surface area contributed by atoms with E-state index in [9.17, 15) is 13.6 Å². The highest BCUT2D eigenvalue weighted by Crippen LogP contribution is 2.29. The molecule has 0 amide bonds. The lowest BCUT2D eigenvalue weighted by atomic mass is 10.1. The number of hydrogen-bond donors (Lipinski definition) is 3. The molecule has 0 fully saturated rings. The van der Waals surface area contributed by atoms with Crippen LogP contribution in [0.3, 0.4) is 0 Å². The largest absolute Gasteiger partial charge is 0.478 e. The zero-order valence-electron chi connectivity index (χ0n) is 9.95. The number of anilines is 3. The first-order chi connectivity index (χ1) is 9.40. The third-order valence-corrected chi connectivity index (χ3v) is 2.91. The fourth-order valence-electron chi connectivity index (χ4n) is 1.66. The molecule has 2 aromatic rings. The summed E-state index contributed by atoms with van der Waals surface area (Å²) in [6, 6.07) is 6.09. The Hall–Kier alpha value is -2.34. The molecular formula is C13H9ClF2N2O2. The first-order valence-corrected chi connectivity index (χ1v) is 5.81. The van der Waals surface area contributed by atoms with Crippen LogP contribution < -0.4 is 11.1 Å². The molecule has 0 aliphatic carbocycles. The van der Waals surface area contributed by atoms with Gasteiger partial charge in [0.25, 0.3) is 0 Å². The van der Waals surface area contributed by atoms with E-state index in [-0.39, 0.29) is 16.4 Å². The van der Waals surface area contributed by atoms with Crippen molar-refractivity contribution in [3.8, 4) is 0 Å². The molecule has 0 bridgehead atoms. The minimum atomic E-state index is -1.39. The van der Waals surface area contributed by atoms with Crippen LogP contribution in [0, 0.1) is 11.6 Å². The Morgan fingerprint density at radius 2 is 1.90 bits per heavy atom. The average molecular weight is 299 g/mol. The maximum atomic E-state index is 13.3. The van der Waals surface area contributed by atoms with Gasteiger partial charge in [0, 0.05) is 5.69 Å². The normalized spacial score (nSPS) is 10.3. The van der Waals surface area contributed by atoms with Gasteiger partial charge < -0.3 is 16.2 Å². The number of nitrogens with two attached hydrogens (primary N) is 1. The van der Waals surface area contributed by atoms with Gasteiger partial charge in [-0.1, -0.05) is 11.6 Å². The van der Waals surface area contributed by atoms with Crippen LogP contribution in [0.25, 0.3) is 0 Å². The van der Waals surface area contributed by atoms with Crippen molar-refractivity contribution in [3.63, 3.8) is 0 Å². The van der Waals surface area contributed by atoms with Crippen LogP contribution in [0.5, 0.6) is 0 Å². The van der Waals surface area contributed by atoms with Crippen LogP contribution in [0.4, 0.5) is 25.8 Å². The molecular weight excluding hydrogens is 290 g/mol. The van der Waals surface area contributed by atoms with Crippen LogP contribution >= 0.6 is 11.6 Å².